The Balaban J connectivity index is 1.76. The molecule has 0 N–H and O–H groups in total. The number of halogens is 1. The summed E-state index contributed by atoms with van der Waals surface area (Å²) in [4.78, 5) is 17.3. The fourth-order valence-corrected chi connectivity index (χ4v) is 3.97. The minimum Gasteiger partial charge on any atom is -0.493 e. The molecular formula is C24H31FN2O3. The third-order valence-electron chi connectivity index (χ3n) is 5.65. The number of amides is 1. The maximum Gasteiger partial charge on any atom is 0.229 e. The van der Waals surface area contributed by atoms with Crippen LogP contribution >= 0.6 is 0 Å². The predicted molar refractivity (Wildman–Crippen MR) is 117 cm³/mol. The van der Waals surface area contributed by atoms with Crippen molar-refractivity contribution in [2.45, 2.75) is 39.3 Å². The highest BCUT2D eigenvalue weighted by atomic mass is 19.1. The number of hydrogen-bond donors (Lipinski definition) is 0. The van der Waals surface area contributed by atoms with Crippen molar-refractivity contribution in [3.05, 3.63) is 53.8 Å². The molecule has 6 heteroatoms. The largest absolute Gasteiger partial charge is 0.493 e. The molecular weight excluding hydrogens is 383 g/mol. The normalized spacial score (nSPS) is 15.3. The van der Waals surface area contributed by atoms with Crippen LogP contribution in [0.1, 0.15) is 32.3 Å². The molecule has 0 atom stereocenters. The summed E-state index contributed by atoms with van der Waals surface area (Å²) >= 11 is 0. The number of nitrogens with zero attached hydrogens (tertiary/aromatic N) is 2. The van der Waals surface area contributed by atoms with Crippen LogP contribution in [-0.2, 0) is 11.3 Å². The zero-order valence-corrected chi connectivity index (χ0v) is 18.2. The molecule has 1 saturated heterocycles. The number of ether oxygens (including phenoxy) is 2. The molecule has 1 aliphatic rings. The number of hydrogen-bond acceptors (Lipinski definition) is 4. The highest BCUT2D eigenvalue weighted by Crippen LogP contribution is 2.34. The van der Waals surface area contributed by atoms with Crippen molar-refractivity contribution in [1.82, 2.24) is 4.90 Å². The smallest absolute Gasteiger partial charge is 0.229 e. The zero-order valence-electron chi connectivity index (χ0n) is 18.2. The van der Waals surface area contributed by atoms with Crippen LogP contribution in [0.25, 0.3) is 0 Å². The van der Waals surface area contributed by atoms with E-state index in [2.05, 4.69) is 4.90 Å². The van der Waals surface area contributed by atoms with Gasteiger partial charge in [-0.25, -0.2) is 4.39 Å². The van der Waals surface area contributed by atoms with Crippen LogP contribution in [-0.4, -0.2) is 44.2 Å². The van der Waals surface area contributed by atoms with Gasteiger partial charge in [-0.3, -0.25) is 9.69 Å². The van der Waals surface area contributed by atoms with Gasteiger partial charge in [0.2, 0.25) is 5.91 Å². The van der Waals surface area contributed by atoms with Gasteiger partial charge in [-0.15, -0.1) is 0 Å². The third kappa shape index (κ3) is 4.93. The Morgan fingerprint density at radius 1 is 1.10 bits per heavy atom. The Hall–Kier alpha value is -2.60. The van der Waals surface area contributed by atoms with Crippen molar-refractivity contribution >= 4 is 11.6 Å². The molecule has 0 saturated carbocycles. The van der Waals surface area contributed by atoms with E-state index < -0.39 is 0 Å². The highest BCUT2D eigenvalue weighted by molar-refractivity contribution is 5.95. The minimum absolute atomic E-state index is 0.0924. The molecule has 0 unspecified atom stereocenters. The number of methoxy groups -OCH3 is 2. The van der Waals surface area contributed by atoms with Crippen LogP contribution < -0.4 is 14.4 Å². The van der Waals surface area contributed by atoms with Gasteiger partial charge in [0.05, 0.1) is 14.2 Å². The van der Waals surface area contributed by atoms with E-state index in [0.29, 0.717) is 23.6 Å². The Morgan fingerprint density at radius 3 is 2.37 bits per heavy atom. The molecule has 3 rings (SSSR count). The quantitative estimate of drug-likeness (QED) is 0.669. The summed E-state index contributed by atoms with van der Waals surface area (Å²) in [5.74, 6) is 1.05. The van der Waals surface area contributed by atoms with Crippen molar-refractivity contribution < 1.29 is 18.7 Å². The number of anilines is 1. The van der Waals surface area contributed by atoms with Crippen molar-refractivity contribution in [2.24, 2.45) is 5.92 Å². The molecule has 0 spiro atoms. The molecule has 1 fully saturated rings. The number of likely N-dealkylation sites (tertiary alicyclic amines) is 1. The average Bonchev–Trinajstić information content (AvgIpc) is 2.76. The molecule has 0 aliphatic carbocycles. The van der Waals surface area contributed by atoms with E-state index >= 15 is 0 Å². The lowest BCUT2D eigenvalue weighted by atomic mass is 9.99. The Labute approximate surface area is 178 Å². The third-order valence-corrected chi connectivity index (χ3v) is 5.65. The summed E-state index contributed by atoms with van der Waals surface area (Å²) in [6.45, 7) is 6.06. The van der Waals surface area contributed by atoms with Crippen LogP contribution in [0.4, 0.5) is 10.1 Å². The molecule has 162 valence electrons. The summed E-state index contributed by atoms with van der Waals surface area (Å²) in [6, 6.07) is 12.6. The maximum atomic E-state index is 14.0. The number of carbonyl (C=O) groups excluding carboxylic acids is 1. The van der Waals surface area contributed by atoms with Crippen LogP contribution in [0.2, 0.25) is 0 Å². The fraction of sp³-hybridized carbons (Fsp3) is 0.458. The first-order valence-electron chi connectivity index (χ1n) is 10.5. The molecule has 0 bridgehead atoms. The fourth-order valence-electron chi connectivity index (χ4n) is 3.97. The topological polar surface area (TPSA) is 42.0 Å². The first-order chi connectivity index (χ1) is 14.4. The van der Waals surface area contributed by atoms with Crippen molar-refractivity contribution in [3.8, 4) is 11.5 Å². The lowest BCUT2D eigenvalue weighted by Crippen LogP contribution is -2.48. The van der Waals surface area contributed by atoms with E-state index in [1.54, 1.807) is 20.3 Å². The second-order valence-electron chi connectivity index (χ2n) is 8.00. The van der Waals surface area contributed by atoms with Crippen LogP contribution in [0.5, 0.6) is 11.5 Å². The molecule has 0 radical (unpaired) electrons. The molecule has 2 aromatic rings. The molecule has 2 aromatic carbocycles. The molecule has 1 heterocycles. The second-order valence-corrected chi connectivity index (χ2v) is 8.00. The van der Waals surface area contributed by atoms with Gasteiger partial charge in [-0.05, 0) is 31.0 Å². The lowest BCUT2D eigenvalue weighted by molar-refractivity contribution is -0.122. The summed E-state index contributed by atoms with van der Waals surface area (Å²) < 4.78 is 24.8. The summed E-state index contributed by atoms with van der Waals surface area (Å²) in [5.41, 5.74) is 1.53. The van der Waals surface area contributed by atoms with E-state index in [9.17, 15) is 9.18 Å². The number of carbonyl (C=O) groups is 1. The van der Waals surface area contributed by atoms with Gasteiger partial charge in [0.15, 0.2) is 11.5 Å². The summed E-state index contributed by atoms with van der Waals surface area (Å²) in [5, 5.41) is 0. The van der Waals surface area contributed by atoms with Gasteiger partial charge < -0.3 is 14.4 Å². The Bertz CT molecular complexity index is 863. The summed E-state index contributed by atoms with van der Waals surface area (Å²) in [6.07, 6.45) is 1.67. The van der Waals surface area contributed by atoms with Gasteiger partial charge >= 0.3 is 0 Å². The average molecular weight is 415 g/mol. The molecule has 1 amide bonds. The Kier molecular flexibility index (Phi) is 7.32. The first-order valence-corrected chi connectivity index (χ1v) is 10.5. The standard InChI is InChI=1S/C24H31FN2O3/c1-17(2)24(28)27(20-9-10-22(29-3)23(15-20)30-4)19-11-13-26(14-12-19)16-18-7-5-6-8-21(18)25/h5-10,15,17,19H,11-14,16H2,1-4H3. The van der Waals surface area contributed by atoms with Crippen LogP contribution in [0.3, 0.4) is 0 Å². The van der Waals surface area contributed by atoms with Gasteiger partial charge in [-0.1, -0.05) is 32.0 Å². The monoisotopic (exact) mass is 414 g/mol. The van der Waals surface area contributed by atoms with Crippen LogP contribution in [0.15, 0.2) is 42.5 Å². The number of rotatable bonds is 7. The van der Waals surface area contributed by atoms with Gasteiger partial charge in [0.25, 0.3) is 0 Å². The van der Waals surface area contributed by atoms with E-state index in [-0.39, 0.29) is 23.7 Å². The lowest BCUT2D eigenvalue weighted by Gasteiger charge is -2.39. The van der Waals surface area contributed by atoms with E-state index in [1.165, 1.54) is 6.07 Å². The van der Waals surface area contributed by atoms with E-state index in [4.69, 9.17) is 9.47 Å². The van der Waals surface area contributed by atoms with Gasteiger partial charge in [0.1, 0.15) is 5.82 Å². The zero-order chi connectivity index (χ0) is 21.7. The summed E-state index contributed by atoms with van der Waals surface area (Å²) in [7, 11) is 3.19. The number of piperidine rings is 1. The predicted octanol–water partition coefficient (Wildman–Crippen LogP) is 4.50. The molecule has 30 heavy (non-hydrogen) atoms. The first kappa shape index (κ1) is 22.1. The van der Waals surface area contributed by atoms with E-state index in [0.717, 1.165) is 31.6 Å². The highest BCUT2D eigenvalue weighted by Gasteiger charge is 2.31. The van der Waals surface area contributed by atoms with Crippen LogP contribution in [0, 0.1) is 11.7 Å². The SMILES string of the molecule is COc1ccc(N(C(=O)C(C)C)C2CCN(Cc3ccccc3F)CC2)cc1OC. The van der Waals surface area contributed by atoms with E-state index in [1.807, 2.05) is 49.1 Å². The van der Waals surface area contributed by atoms with Gasteiger partial charge in [0, 0.05) is 48.9 Å². The second kappa shape index (κ2) is 9.94. The molecule has 5 nitrogen and oxygen atoms in total. The minimum atomic E-state index is -0.165. The van der Waals surface area contributed by atoms with Crippen molar-refractivity contribution in [3.63, 3.8) is 0 Å². The maximum absolute atomic E-state index is 14.0. The van der Waals surface area contributed by atoms with Crippen molar-refractivity contribution in [2.75, 3.05) is 32.2 Å². The molecule has 0 aromatic heterocycles. The number of benzene rings is 2. The molecule has 1 aliphatic heterocycles. The van der Waals surface area contributed by atoms with Crippen molar-refractivity contribution in [1.29, 1.82) is 0 Å². The Morgan fingerprint density at radius 2 is 1.77 bits per heavy atom. The van der Waals surface area contributed by atoms with Gasteiger partial charge in [-0.2, -0.15) is 0 Å².